The van der Waals surface area contributed by atoms with Gasteiger partial charge in [0.2, 0.25) is 5.75 Å². The van der Waals surface area contributed by atoms with Crippen molar-refractivity contribution in [2.45, 2.75) is 45.1 Å². The van der Waals surface area contributed by atoms with Gasteiger partial charge in [-0.05, 0) is 36.5 Å². The molecule has 0 spiro atoms. The van der Waals surface area contributed by atoms with Crippen molar-refractivity contribution in [3.8, 4) is 17.2 Å². The summed E-state index contributed by atoms with van der Waals surface area (Å²) in [6, 6.07) is 2.73. The van der Waals surface area contributed by atoms with Crippen LogP contribution in [-0.4, -0.2) is 51.9 Å². The molecule has 0 unspecified atom stereocenters. The molecule has 1 fully saturated rings. The Bertz CT molecular complexity index is 741. The molecule has 2 atom stereocenters. The molecule has 1 aromatic carbocycles. The van der Waals surface area contributed by atoms with Crippen LogP contribution in [0.2, 0.25) is 0 Å². The monoisotopic (exact) mass is 422 g/mol. The highest BCUT2D eigenvalue weighted by Crippen LogP contribution is 2.38. The molecule has 1 aromatic rings. The second kappa shape index (κ2) is 11.3. The number of urea groups is 1. The SMILES string of the molecule is COc1cc(CC(=O)OCC(=O)NC(=O)N[C@H]2CCCC[C@@H]2C)cc(OC)c1OC. The van der Waals surface area contributed by atoms with Gasteiger partial charge in [0.05, 0.1) is 27.8 Å². The number of carbonyl (C=O) groups is 3. The first-order valence-corrected chi connectivity index (χ1v) is 9.92. The number of benzene rings is 1. The van der Waals surface area contributed by atoms with E-state index in [9.17, 15) is 14.4 Å². The van der Waals surface area contributed by atoms with Crippen LogP contribution in [0.25, 0.3) is 0 Å². The molecule has 30 heavy (non-hydrogen) atoms. The maximum Gasteiger partial charge on any atom is 0.321 e. The summed E-state index contributed by atoms with van der Waals surface area (Å²) in [7, 11) is 4.43. The van der Waals surface area contributed by atoms with E-state index in [1.54, 1.807) is 12.1 Å². The predicted molar refractivity (Wildman–Crippen MR) is 109 cm³/mol. The van der Waals surface area contributed by atoms with E-state index in [1.165, 1.54) is 21.3 Å². The van der Waals surface area contributed by atoms with Crippen molar-refractivity contribution in [1.29, 1.82) is 0 Å². The van der Waals surface area contributed by atoms with Crippen LogP contribution in [0.3, 0.4) is 0 Å². The molecule has 1 aliphatic rings. The largest absolute Gasteiger partial charge is 0.493 e. The zero-order chi connectivity index (χ0) is 22.1. The Labute approximate surface area is 176 Å². The van der Waals surface area contributed by atoms with Gasteiger partial charge in [-0.15, -0.1) is 0 Å². The molecule has 0 saturated heterocycles. The number of esters is 1. The lowest BCUT2D eigenvalue weighted by atomic mass is 9.86. The average Bonchev–Trinajstić information content (AvgIpc) is 2.73. The van der Waals surface area contributed by atoms with Gasteiger partial charge < -0.3 is 24.3 Å². The van der Waals surface area contributed by atoms with Gasteiger partial charge in [-0.3, -0.25) is 14.9 Å². The van der Waals surface area contributed by atoms with Gasteiger partial charge in [0.25, 0.3) is 5.91 Å². The van der Waals surface area contributed by atoms with E-state index >= 15 is 0 Å². The first-order chi connectivity index (χ1) is 14.4. The molecule has 9 nitrogen and oxygen atoms in total. The summed E-state index contributed by atoms with van der Waals surface area (Å²) in [5, 5.41) is 5.01. The van der Waals surface area contributed by atoms with Crippen LogP contribution in [-0.2, 0) is 20.7 Å². The third-order valence-corrected chi connectivity index (χ3v) is 5.12. The van der Waals surface area contributed by atoms with Crippen LogP contribution < -0.4 is 24.8 Å². The summed E-state index contributed by atoms with van der Waals surface area (Å²) in [6.07, 6.45) is 4.06. The topological polar surface area (TPSA) is 112 Å². The number of nitrogens with one attached hydrogen (secondary N) is 2. The molecule has 9 heteroatoms. The standard InChI is InChI=1S/C21H30N2O7/c1-13-7-5-6-8-15(13)22-21(26)23-18(24)12-30-19(25)11-14-9-16(27-2)20(29-4)17(10-14)28-3/h9-10,13,15H,5-8,11-12H2,1-4H3,(H2,22,23,24,26)/t13-,15-/m0/s1. The molecule has 2 N–H and O–H groups in total. The van der Waals surface area contributed by atoms with Crippen molar-refractivity contribution in [3.63, 3.8) is 0 Å². The molecule has 0 aromatic heterocycles. The number of hydrogen-bond acceptors (Lipinski definition) is 7. The molecular formula is C21H30N2O7. The molecule has 1 aliphatic carbocycles. The van der Waals surface area contributed by atoms with Crippen LogP contribution in [0.4, 0.5) is 4.79 Å². The van der Waals surface area contributed by atoms with Gasteiger partial charge in [0.15, 0.2) is 18.1 Å². The first-order valence-electron chi connectivity index (χ1n) is 9.92. The number of rotatable bonds is 8. The van der Waals surface area contributed by atoms with Crippen molar-refractivity contribution < 1.29 is 33.3 Å². The highest BCUT2D eigenvalue weighted by Gasteiger charge is 2.23. The number of hydrogen-bond donors (Lipinski definition) is 2. The Kier molecular flexibility index (Phi) is 8.76. The molecule has 0 heterocycles. The fourth-order valence-electron chi connectivity index (χ4n) is 3.50. The number of methoxy groups -OCH3 is 3. The van der Waals surface area contributed by atoms with Crippen molar-refractivity contribution in [3.05, 3.63) is 17.7 Å². The molecule has 0 bridgehead atoms. The fourth-order valence-corrected chi connectivity index (χ4v) is 3.50. The molecule has 2 rings (SSSR count). The van der Waals surface area contributed by atoms with Gasteiger partial charge in [0.1, 0.15) is 0 Å². The Morgan fingerprint density at radius 2 is 1.63 bits per heavy atom. The van der Waals surface area contributed by atoms with E-state index in [0.717, 1.165) is 25.7 Å². The van der Waals surface area contributed by atoms with Crippen LogP contribution in [0.15, 0.2) is 12.1 Å². The minimum absolute atomic E-state index is 0.0501. The normalized spacial score (nSPS) is 18.1. The summed E-state index contributed by atoms with van der Waals surface area (Å²) < 4.78 is 20.7. The fraction of sp³-hybridized carbons (Fsp3) is 0.571. The highest BCUT2D eigenvalue weighted by molar-refractivity contribution is 5.95. The summed E-state index contributed by atoms with van der Waals surface area (Å²) in [5.74, 6) is 0.289. The van der Waals surface area contributed by atoms with E-state index in [4.69, 9.17) is 18.9 Å². The Morgan fingerprint density at radius 1 is 1.00 bits per heavy atom. The number of imide groups is 1. The van der Waals surface area contributed by atoms with Crippen LogP contribution >= 0.6 is 0 Å². The van der Waals surface area contributed by atoms with E-state index < -0.39 is 24.5 Å². The zero-order valence-electron chi connectivity index (χ0n) is 17.9. The quantitative estimate of drug-likeness (QED) is 0.618. The number of carbonyl (C=O) groups excluding carboxylic acids is 3. The molecule has 3 amide bonds. The third-order valence-electron chi connectivity index (χ3n) is 5.12. The lowest BCUT2D eigenvalue weighted by molar-refractivity contribution is -0.147. The van der Waals surface area contributed by atoms with Crippen LogP contribution in [0, 0.1) is 5.92 Å². The van der Waals surface area contributed by atoms with E-state index in [-0.39, 0.29) is 12.5 Å². The first kappa shape index (κ1) is 23.3. The van der Waals surface area contributed by atoms with Gasteiger partial charge in [-0.1, -0.05) is 19.8 Å². The van der Waals surface area contributed by atoms with E-state index in [2.05, 4.69) is 17.6 Å². The molecular weight excluding hydrogens is 392 g/mol. The molecule has 1 saturated carbocycles. The van der Waals surface area contributed by atoms with Gasteiger partial charge in [-0.25, -0.2) is 4.79 Å². The summed E-state index contributed by atoms with van der Waals surface area (Å²) >= 11 is 0. The minimum Gasteiger partial charge on any atom is -0.493 e. The maximum absolute atomic E-state index is 12.1. The van der Waals surface area contributed by atoms with Gasteiger partial charge in [-0.2, -0.15) is 0 Å². The van der Waals surface area contributed by atoms with E-state index in [0.29, 0.717) is 28.7 Å². The molecule has 0 radical (unpaired) electrons. The van der Waals surface area contributed by atoms with Crippen LogP contribution in [0.1, 0.15) is 38.2 Å². The zero-order valence-corrected chi connectivity index (χ0v) is 17.9. The Morgan fingerprint density at radius 3 is 2.20 bits per heavy atom. The smallest absolute Gasteiger partial charge is 0.321 e. The lowest BCUT2D eigenvalue weighted by Gasteiger charge is -2.29. The second-order valence-electron chi connectivity index (χ2n) is 7.26. The molecule has 166 valence electrons. The highest BCUT2D eigenvalue weighted by atomic mass is 16.5. The van der Waals surface area contributed by atoms with Crippen molar-refractivity contribution in [2.24, 2.45) is 5.92 Å². The Balaban J connectivity index is 1.82. The average molecular weight is 422 g/mol. The predicted octanol–water partition coefficient (Wildman–Crippen LogP) is 2.20. The van der Waals surface area contributed by atoms with Crippen LogP contribution in [0.5, 0.6) is 17.2 Å². The van der Waals surface area contributed by atoms with Gasteiger partial charge >= 0.3 is 12.0 Å². The molecule has 0 aliphatic heterocycles. The summed E-state index contributed by atoms with van der Waals surface area (Å²) in [4.78, 5) is 36.0. The van der Waals surface area contributed by atoms with Gasteiger partial charge in [0, 0.05) is 6.04 Å². The maximum atomic E-state index is 12.1. The Hall–Kier alpha value is -2.97. The van der Waals surface area contributed by atoms with E-state index in [1.807, 2.05) is 0 Å². The minimum atomic E-state index is -0.686. The third kappa shape index (κ3) is 6.53. The number of amides is 3. The van der Waals surface area contributed by atoms with Crippen molar-refractivity contribution >= 4 is 17.9 Å². The second-order valence-corrected chi connectivity index (χ2v) is 7.26. The number of ether oxygens (including phenoxy) is 4. The summed E-state index contributed by atoms with van der Waals surface area (Å²) in [5.41, 5.74) is 0.568. The summed E-state index contributed by atoms with van der Waals surface area (Å²) in [6.45, 7) is 1.54. The van der Waals surface area contributed by atoms with Crippen molar-refractivity contribution in [1.82, 2.24) is 10.6 Å². The lowest BCUT2D eigenvalue weighted by Crippen LogP contribution is -2.48. The van der Waals surface area contributed by atoms with Crippen molar-refractivity contribution in [2.75, 3.05) is 27.9 Å².